The van der Waals surface area contributed by atoms with Gasteiger partial charge in [0.05, 0.1) is 0 Å². The summed E-state index contributed by atoms with van der Waals surface area (Å²) >= 11 is 0. The Balaban J connectivity index is -0.000000203. The lowest BCUT2D eigenvalue weighted by molar-refractivity contribution is -0.120. The summed E-state index contributed by atoms with van der Waals surface area (Å²) in [5.41, 5.74) is 0. The molecule has 0 aromatic carbocycles. The van der Waals surface area contributed by atoms with Crippen LogP contribution in [0.15, 0.2) is 12.2 Å². The van der Waals surface area contributed by atoms with E-state index >= 15 is 0 Å². The molecular weight excluding hydrogens is 240 g/mol. The molecule has 0 rings (SSSR count). The van der Waals surface area contributed by atoms with E-state index < -0.39 is 0 Å². The van der Waals surface area contributed by atoms with Gasteiger partial charge in [-0.2, -0.15) is 0 Å². The van der Waals surface area contributed by atoms with Gasteiger partial charge in [0, 0.05) is 12.3 Å². The van der Waals surface area contributed by atoms with Crippen LogP contribution >= 0.6 is 0 Å². The lowest BCUT2D eigenvalue weighted by atomic mass is 10.1. The van der Waals surface area contributed by atoms with Crippen molar-refractivity contribution in [1.82, 2.24) is 0 Å². The first-order chi connectivity index (χ1) is 8.54. The zero-order valence-corrected chi connectivity index (χ0v) is 13.7. The smallest absolute Gasteiger partial charge is 0.152 e. The molecule has 0 bridgehead atoms. The third kappa shape index (κ3) is 38.3. The fourth-order valence-electron chi connectivity index (χ4n) is 0.810. The number of carbonyl (C=O) groups excluding carboxylic acids is 3. The highest BCUT2D eigenvalue weighted by molar-refractivity contribution is 5.87. The average molecular weight is 270 g/mol. The van der Waals surface area contributed by atoms with Crippen molar-refractivity contribution in [2.75, 3.05) is 0 Å². The number of ketones is 3. The van der Waals surface area contributed by atoms with Gasteiger partial charge in [0.15, 0.2) is 5.78 Å². The highest BCUT2D eigenvalue weighted by Crippen LogP contribution is 1.97. The van der Waals surface area contributed by atoms with E-state index in [1.807, 2.05) is 34.6 Å². The SMILES string of the molecule is C/C=C\C(C)=O.CC(=O)C(C)C.CC(=O)CC(C)C. The van der Waals surface area contributed by atoms with Crippen molar-refractivity contribution in [2.24, 2.45) is 11.8 Å². The normalized spacial score (nSPS) is 9.58. The second-order valence-electron chi connectivity index (χ2n) is 5.18. The van der Waals surface area contributed by atoms with Gasteiger partial charge in [-0.15, -0.1) is 0 Å². The Kier molecular flexibility index (Phi) is 17.8. The molecule has 0 aromatic heterocycles. The van der Waals surface area contributed by atoms with Crippen LogP contribution in [0, 0.1) is 11.8 Å². The van der Waals surface area contributed by atoms with Gasteiger partial charge in [-0.3, -0.25) is 9.59 Å². The van der Waals surface area contributed by atoms with Gasteiger partial charge < -0.3 is 4.79 Å². The maximum atomic E-state index is 10.3. The van der Waals surface area contributed by atoms with E-state index in [9.17, 15) is 14.4 Å². The molecule has 0 radical (unpaired) electrons. The molecule has 0 amide bonds. The monoisotopic (exact) mass is 270 g/mol. The second-order valence-corrected chi connectivity index (χ2v) is 5.18. The molecule has 0 N–H and O–H groups in total. The van der Waals surface area contributed by atoms with E-state index in [0.29, 0.717) is 5.92 Å². The highest BCUT2D eigenvalue weighted by Gasteiger charge is 1.95. The molecule has 0 aliphatic heterocycles. The van der Waals surface area contributed by atoms with Crippen LogP contribution in [-0.2, 0) is 14.4 Å². The van der Waals surface area contributed by atoms with Crippen molar-refractivity contribution in [1.29, 1.82) is 0 Å². The fraction of sp³-hybridized carbons (Fsp3) is 0.688. The number of rotatable bonds is 4. The Morgan fingerprint density at radius 3 is 1.32 bits per heavy atom. The molecule has 3 heteroatoms. The molecule has 19 heavy (non-hydrogen) atoms. The summed E-state index contributed by atoms with van der Waals surface area (Å²) in [6.07, 6.45) is 3.97. The van der Waals surface area contributed by atoms with Gasteiger partial charge in [-0.1, -0.05) is 33.8 Å². The topological polar surface area (TPSA) is 51.2 Å². The average Bonchev–Trinajstić information content (AvgIpc) is 2.16. The van der Waals surface area contributed by atoms with Gasteiger partial charge in [0.25, 0.3) is 0 Å². The summed E-state index contributed by atoms with van der Waals surface area (Å²) in [4.78, 5) is 30.4. The molecule has 0 spiro atoms. The van der Waals surface area contributed by atoms with Crippen LogP contribution in [-0.4, -0.2) is 17.3 Å². The third-order valence-electron chi connectivity index (χ3n) is 1.91. The first-order valence-electron chi connectivity index (χ1n) is 6.67. The van der Waals surface area contributed by atoms with E-state index in [-0.39, 0.29) is 23.3 Å². The van der Waals surface area contributed by atoms with Gasteiger partial charge in [-0.25, -0.2) is 0 Å². The molecule has 0 heterocycles. The molecule has 112 valence electrons. The summed E-state index contributed by atoms with van der Waals surface area (Å²) in [5.74, 6) is 1.39. The predicted octanol–water partition coefficient (Wildman–Crippen LogP) is 4.00. The van der Waals surface area contributed by atoms with Crippen LogP contribution in [0.25, 0.3) is 0 Å². The van der Waals surface area contributed by atoms with Crippen molar-refractivity contribution in [3.8, 4) is 0 Å². The zero-order valence-electron chi connectivity index (χ0n) is 13.7. The Hall–Kier alpha value is -1.25. The van der Waals surface area contributed by atoms with Crippen LogP contribution < -0.4 is 0 Å². The summed E-state index contributed by atoms with van der Waals surface area (Å²) in [6.45, 7) is 14.4. The van der Waals surface area contributed by atoms with Crippen molar-refractivity contribution >= 4 is 17.3 Å². The molecule has 0 fully saturated rings. The van der Waals surface area contributed by atoms with Crippen LogP contribution in [0.2, 0.25) is 0 Å². The van der Waals surface area contributed by atoms with Crippen LogP contribution in [0.5, 0.6) is 0 Å². The predicted molar refractivity (Wildman–Crippen MR) is 81.2 cm³/mol. The summed E-state index contributed by atoms with van der Waals surface area (Å²) in [6, 6.07) is 0. The molecular formula is C16H30O3. The van der Waals surface area contributed by atoms with Crippen molar-refractivity contribution < 1.29 is 14.4 Å². The van der Waals surface area contributed by atoms with Gasteiger partial charge in [-0.05, 0) is 39.7 Å². The van der Waals surface area contributed by atoms with E-state index in [1.54, 1.807) is 19.9 Å². The molecule has 0 unspecified atom stereocenters. The maximum absolute atomic E-state index is 10.3. The van der Waals surface area contributed by atoms with Gasteiger partial charge in [0.1, 0.15) is 11.6 Å². The quantitative estimate of drug-likeness (QED) is 0.725. The minimum atomic E-state index is 0.109. The van der Waals surface area contributed by atoms with Crippen molar-refractivity contribution in [2.45, 2.75) is 61.8 Å². The van der Waals surface area contributed by atoms with E-state index in [0.717, 1.165) is 6.42 Å². The summed E-state index contributed by atoms with van der Waals surface area (Å²) in [5, 5.41) is 0. The number of hydrogen-bond donors (Lipinski definition) is 0. The Morgan fingerprint density at radius 2 is 1.32 bits per heavy atom. The fourth-order valence-corrected chi connectivity index (χ4v) is 0.810. The highest BCUT2D eigenvalue weighted by atomic mass is 16.1. The van der Waals surface area contributed by atoms with Gasteiger partial charge >= 0.3 is 0 Å². The van der Waals surface area contributed by atoms with Crippen LogP contribution in [0.4, 0.5) is 0 Å². The first kappa shape index (κ1) is 22.9. The van der Waals surface area contributed by atoms with E-state index in [2.05, 4.69) is 0 Å². The third-order valence-corrected chi connectivity index (χ3v) is 1.91. The van der Waals surface area contributed by atoms with E-state index in [4.69, 9.17) is 0 Å². The minimum absolute atomic E-state index is 0.109. The Morgan fingerprint density at radius 1 is 0.947 bits per heavy atom. The first-order valence-corrected chi connectivity index (χ1v) is 6.67. The lowest BCUT2D eigenvalue weighted by Crippen LogP contribution is -1.98. The van der Waals surface area contributed by atoms with Crippen molar-refractivity contribution in [3.63, 3.8) is 0 Å². The molecule has 0 aliphatic carbocycles. The molecule has 3 nitrogen and oxygen atoms in total. The Bertz CT molecular complexity index is 286. The molecule has 0 saturated heterocycles. The number of carbonyl (C=O) groups is 3. The molecule has 0 aromatic rings. The number of Topliss-reactive ketones (excluding diaryl/α,β-unsaturated/α-hetero) is 2. The summed E-state index contributed by atoms with van der Waals surface area (Å²) in [7, 11) is 0. The number of hydrogen-bond acceptors (Lipinski definition) is 3. The van der Waals surface area contributed by atoms with Crippen LogP contribution in [0.1, 0.15) is 61.8 Å². The maximum Gasteiger partial charge on any atom is 0.152 e. The largest absolute Gasteiger partial charge is 0.300 e. The second kappa shape index (κ2) is 14.8. The Labute approximate surface area is 118 Å². The zero-order chi connectivity index (χ0) is 16.0. The number of allylic oxidation sites excluding steroid dienone is 2. The van der Waals surface area contributed by atoms with Crippen molar-refractivity contribution in [3.05, 3.63) is 12.2 Å². The molecule has 0 atom stereocenters. The minimum Gasteiger partial charge on any atom is -0.300 e. The lowest BCUT2D eigenvalue weighted by Gasteiger charge is -1.95. The molecule has 0 saturated carbocycles. The van der Waals surface area contributed by atoms with E-state index in [1.165, 1.54) is 13.0 Å². The van der Waals surface area contributed by atoms with Crippen LogP contribution in [0.3, 0.4) is 0 Å². The standard InChI is InChI=1S/C6H12O.C5H10O.C5H8O/c1-5(2)4-6(3)7;1-4(2)5(3)6;1-3-4-5(2)6/h5H,4H2,1-3H3;4H,1-3H3;3-4H,1-2H3/b;;4-3-. The van der Waals surface area contributed by atoms with Gasteiger partial charge in [0.2, 0.25) is 0 Å². The molecule has 0 aliphatic rings. The summed E-state index contributed by atoms with van der Waals surface area (Å²) < 4.78 is 0.